The first-order valence-corrected chi connectivity index (χ1v) is 8.66. The van der Waals surface area contributed by atoms with Crippen molar-refractivity contribution in [1.29, 1.82) is 0 Å². The third-order valence-electron chi connectivity index (χ3n) is 3.79. The van der Waals surface area contributed by atoms with Gasteiger partial charge >= 0.3 is 0 Å². The number of amides is 1. The Morgan fingerprint density at radius 1 is 1.00 bits per heavy atom. The van der Waals surface area contributed by atoms with Crippen molar-refractivity contribution in [3.63, 3.8) is 0 Å². The monoisotopic (exact) mass is 407 g/mol. The zero-order valence-electron chi connectivity index (χ0n) is 14.6. The van der Waals surface area contributed by atoms with E-state index in [-0.39, 0.29) is 5.91 Å². The van der Waals surface area contributed by atoms with Crippen LogP contribution in [0.15, 0.2) is 40.9 Å². The van der Waals surface area contributed by atoms with E-state index in [9.17, 15) is 4.79 Å². The summed E-state index contributed by atoms with van der Waals surface area (Å²) in [7, 11) is 4.82. The van der Waals surface area contributed by atoms with Crippen LogP contribution < -0.4 is 19.5 Å². The second-order valence-electron chi connectivity index (χ2n) is 5.42. The third kappa shape index (κ3) is 5.39. The fourth-order valence-corrected chi connectivity index (χ4v) is 2.94. The van der Waals surface area contributed by atoms with E-state index in [1.807, 2.05) is 36.4 Å². The minimum absolute atomic E-state index is 0.0123. The van der Waals surface area contributed by atoms with E-state index in [2.05, 4.69) is 21.2 Å². The number of hydrogen-bond acceptors (Lipinski definition) is 4. The van der Waals surface area contributed by atoms with Crippen molar-refractivity contribution < 1.29 is 19.0 Å². The highest BCUT2D eigenvalue weighted by Gasteiger charge is 2.10. The first kappa shape index (κ1) is 19.1. The van der Waals surface area contributed by atoms with Crippen LogP contribution in [-0.4, -0.2) is 33.8 Å². The topological polar surface area (TPSA) is 56.8 Å². The second-order valence-corrected chi connectivity index (χ2v) is 6.28. The fraction of sp³-hybridized carbons (Fsp3) is 0.316. The minimum Gasteiger partial charge on any atom is -0.497 e. The number of carbonyl (C=O) groups excluding carboxylic acids is 1. The molecule has 0 bridgehead atoms. The van der Waals surface area contributed by atoms with Crippen molar-refractivity contribution in [3.8, 4) is 17.2 Å². The maximum absolute atomic E-state index is 12.1. The SMILES string of the molecule is COc1ccc(CC(=O)NCCc2cc(OC)c(OC)cc2Br)cc1. The summed E-state index contributed by atoms with van der Waals surface area (Å²) in [6, 6.07) is 11.3. The fourth-order valence-electron chi connectivity index (χ4n) is 2.42. The van der Waals surface area contributed by atoms with E-state index < -0.39 is 0 Å². The number of benzene rings is 2. The van der Waals surface area contributed by atoms with Crippen LogP contribution in [0.1, 0.15) is 11.1 Å². The van der Waals surface area contributed by atoms with Crippen molar-refractivity contribution in [2.75, 3.05) is 27.9 Å². The second kappa shape index (κ2) is 9.32. The van der Waals surface area contributed by atoms with Gasteiger partial charge in [0.15, 0.2) is 11.5 Å². The van der Waals surface area contributed by atoms with Gasteiger partial charge in [0.25, 0.3) is 0 Å². The van der Waals surface area contributed by atoms with Gasteiger partial charge in [0.2, 0.25) is 5.91 Å². The Kier molecular flexibility index (Phi) is 7.13. The number of hydrogen-bond donors (Lipinski definition) is 1. The first-order valence-electron chi connectivity index (χ1n) is 7.87. The molecule has 1 amide bonds. The predicted molar refractivity (Wildman–Crippen MR) is 101 cm³/mol. The Morgan fingerprint density at radius 3 is 2.24 bits per heavy atom. The zero-order chi connectivity index (χ0) is 18.2. The van der Waals surface area contributed by atoms with Crippen molar-refractivity contribution in [2.24, 2.45) is 0 Å². The molecule has 0 fully saturated rings. The molecule has 5 nitrogen and oxygen atoms in total. The van der Waals surface area contributed by atoms with Gasteiger partial charge in [-0.3, -0.25) is 4.79 Å². The van der Waals surface area contributed by atoms with Gasteiger partial charge in [-0.25, -0.2) is 0 Å². The van der Waals surface area contributed by atoms with Gasteiger partial charge in [-0.05, 0) is 41.8 Å². The zero-order valence-corrected chi connectivity index (χ0v) is 16.2. The summed E-state index contributed by atoms with van der Waals surface area (Å²) in [6.07, 6.45) is 1.03. The summed E-state index contributed by atoms with van der Waals surface area (Å²) in [5, 5.41) is 2.94. The number of rotatable bonds is 8. The molecule has 2 aromatic carbocycles. The summed E-state index contributed by atoms with van der Waals surface area (Å²) in [6.45, 7) is 0.545. The molecule has 0 heterocycles. The quantitative estimate of drug-likeness (QED) is 0.728. The van der Waals surface area contributed by atoms with Crippen molar-refractivity contribution in [3.05, 3.63) is 52.0 Å². The van der Waals surface area contributed by atoms with E-state index in [1.54, 1.807) is 21.3 Å². The van der Waals surface area contributed by atoms with E-state index in [0.717, 1.165) is 21.3 Å². The molecule has 1 N–H and O–H groups in total. The van der Waals surface area contributed by atoms with Crippen molar-refractivity contribution in [2.45, 2.75) is 12.8 Å². The number of nitrogens with one attached hydrogen (secondary N) is 1. The third-order valence-corrected chi connectivity index (χ3v) is 4.53. The summed E-state index contributed by atoms with van der Waals surface area (Å²) >= 11 is 3.53. The van der Waals surface area contributed by atoms with Gasteiger partial charge in [-0.2, -0.15) is 0 Å². The molecule has 0 spiro atoms. The first-order chi connectivity index (χ1) is 12.1. The van der Waals surface area contributed by atoms with Crippen molar-refractivity contribution in [1.82, 2.24) is 5.32 Å². The smallest absolute Gasteiger partial charge is 0.224 e. The molecule has 0 saturated heterocycles. The highest BCUT2D eigenvalue weighted by molar-refractivity contribution is 9.10. The highest BCUT2D eigenvalue weighted by atomic mass is 79.9. The van der Waals surface area contributed by atoms with Gasteiger partial charge in [0.05, 0.1) is 27.8 Å². The molecule has 25 heavy (non-hydrogen) atoms. The lowest BCUT2D eigenvalue weighted by molar-refractivity contribution is -0.120. The number of methoxy groups -OCH3 is 3. The van der Waals surface area contributed by atoms with Gasteiger partial charge < -0.3 is 19.5 Å². The lowest BCUT2D eigenvalue weighted by Gasteiger charge is -2.12. The Balaban J connectivity index is 1.88. The van der Waals surface area contributed by atoms with Crippen molar-refractivity contribution >= 4 is 21.8 Å². The molecular weight excluding hydrogens is 386 g/mol. The van der Waals surface area contributed by atoms with Crippen LogP contribution in [0, 0.1) is 0 Å². The Labute approximate surface area is 156 Å². The molecule has 0 aliphatic carbocycles. The van der Waals surface area contributed by atoms with Crippen LogP contribution in [0.2, 0.25) is 0 Å². The summed E-state index contributed by atoms with van der Waals surface area (Å²) in [5.74, 6) is 2.11. The van der Waals surface area contributed by atoms with Crippen LogP contribution >= 0.6 is 15.9 Å². The van der Waals surface area contributed by atoms with E-state index in [4.69, 9.17) is 14.2 Å². The van der Waals surface area contributed by atoms with Crippen LogP contribution in [-0.2, 0) is 17.6 Å². The van der Waals surface area contributed by atoms with Crippen LogP contribution in [0.4, 0.5) is 0 Å². The molecule has 2 aromatic rings. The molecule has 0 aliphatic rings. The van der Waals surface area contributed by atoms with Crippen LogP contribution in [0.5, 0.6) is 17.2 Å². The Morgan fingerprint density at radius 2 is 1.64 bits per heavy atom. The normalized spacial score (nSPS) is 10.2. The molecule has 0 aromatic heterocycles. The lowest BCUT2D eigenvalue weighted by Crippen LogP contribution is -2.27. The molecule has 0 atom stereocenters. The molecule has 0 saturated carbocycles. The number of halogens is 1. The molecule has 0 unspecified atom stereocenters. The largest absolute Gasteiger partial charge is 0.497 e. The molecular formula is C19H22BrNO4. The summed E-state index contributed by atoms with van der Waals surface area (Å²) in [5.41, 5.74) is 1.99. The Hall–Kier alpha value is -2.21. The average Bonchev–Trinajstić information content (AvgIpc) is 2.63. The molecule has 6 heteroatoms. The maximum atomic E-state index is 12.1. The van der Waals surface area contributed by atoms with E-state index in [0.29, 0.717) is 30.9 Å². The molecule has 0 aliphatic heterocycles. The highest BCUT2D eigenvalue weighted by Crippen LogP contribution is 2.33. The van der Waals surface area contributed by atoms with E-state index in [1.165, 1.54) is 0 Å². The average molecular weight is 408 g/mol. The van der Waals surface area contributed by atoms with Gasteiger partial charge in [0, 0.05) is 11.0 Å². The lowest BCUT2D eigenvalue weighted by atomic mass is 10.1. The molecule has 2 rings (SSSR count). The molecule has 134 valence electrons. The number of carbonyl (C=O) groups is 1. The van der Waals surface area contributed by atoms with Crippen LogP contribution in [0.25, 0.3) is 0 Å². The summed E-state index contributed by atoms with van der Waals surface area (Å²) < 4.78 is 16.6. The van der Waals surface area contributed by atoms with Gasteiger partial charge in [-0.1, -0.05) is 28.1 Å². The maximum Gasteiger partial charge on any atom is 0.224 e. The minimum atomic E-state index is -0.0123. The van der Waals surface area contributed by atoms with Crippen LogP contribution in [0.3, 0.4) is 0 Å². The van der Waals surface area contributed by atoms with E-state index >= 15 is 0 Å². The summed E-state index contributed by atoms with van der Waals surface area (Å²) in [4.78, 5) is 12.1. The number of ether oxygens (including phenoxy) is 3. The Bertz CT molecular complexity index is 716. The van der Waals surface area contributed by atoms with Gasteiger partial charge in [0.1, 0.15) is 5.75 Å². The standard InChI is InChI=1S/C19H22BrNO4/c1-23-15-6-4-13(5-7-15)10-19(22)21-9-8-14-11-17(24-2)18(25-3)12-16(14)20/h4-7,11-12H,8-10H2,1-3H3,(H,21,22). The molecule has 0 radical (unpaired) electrons. The predicted octanol–water partition coefficient (Wildman–Crippen LogP) is 3.38. The van der Waals surface area contributed by atoms with Gasteiger partial charge in [-0.15, -0.1) is 0 Å².